The molecular formula is C13H23N3O3S. The standard InChI is InChI=1S/C13H23N3O3S/c1-10-6-8-15(9-10)20(18,19)16-7-2-3-12(16)13(17)14-11-4-5-11/h10-12H,2-9H2,1H3,(H,14,17). The topological polar surface area (TPSA) is 69.7 Å². The van der Waals surface area contributed by atoms with Gasteiger partial charge in [-0.1, -0.05) is 6.92 Å². The zero-order valence-corrected chi connectivity index (χ0v) is 12.7. The first-order valence-electron chi connectivity index (χ1n) is 7.56. The van der Waals surface area contributed by atoms with Crippen LogP contribution in [0.3, 0.4) is 0 Å². The highest BCUT2D eigenvalue weighted by atomic mass is 32.2. The number of carbonyl (C=O) groups is 1. The third kappa shape index (κ3) is 2.71. The second-order valence-electron chi connectivity index (χ2n) is 6.31. The molecule has 2 aliphatic heterocycles. The van der Waals surface area contributed by atoms with Gasteiger partial charge in [-0.05, 0) is 38.0 Å². The molecule has 3 rings (SSSR count). The highest BCUT2D eigenvalue weighted by Gasteiger charge is 2.43. The summed E-state index contributed by atoms with van der Waals surface area (Å²) < 4.78 is 28.3. The van der Waals surface area contributed by atoms with Crippen molar-refractivity contribution in [2.24, 2.45) is 5.92 Å². The molecule has 0 aromatic carbocycles. The molecule has 0 aromatic heterocycles. The smallest absolute Gasteiger partial charge is 0.282 e. The molecule has 0 aromatic rings. The Morgan fingerprint density at radius 3 is 2.50 bits per heavy atom. The molecule has 1 saturated carbocycles. The van der Waals surface area contributed by atoms with Gasteiger partial charge in [0.2, 0.25) is 5.91 Å². The van der Waals surface area contributed by atoms with Crippen molar-refractivity contribution in [2.45, 2.75) is 51.1 Å². The van der Waals surface area contributed by atoms with Gasteiger partial charge in [0, 0.05) is 25.7 Å². The molecule has 6 nitrogen and oxygen atoms in total. The van der Waals surface area contributed by atoms with Crippen LogP contribution in [0.25, 0.3) is 0 Å². The maximum Gasteiger partial charge on any atom is 0.282 e. The van der Waals surface area contributed by atoms with E-state index in [9.17, 15) is 13.2 Å². The van der Waals surface area contributed by atoms with E-state index in [-0.39, 0.29) is 11.9 Å². The lowest BCUT2D eigenvalue weighted by Gasteiger charge is -2.28. The van der Waals surface area contributed by atoms with Crippen LogP contribution >= 0.6 is 0 Å². The van der Waals surface area contributed by atoms with E-state index in [1.807, 2.05) is 0 Å². The lowest BCUT2D eigenvalue weighted by Crippen LogP contribution is -2.50. The summed E-state index contributed by atoms with van der Waals surface area (Å²) in [6.45, 7) is 3.69. The Hall–Kier alpha value is -0.660. The van der Waals surface area contributed by atoms with Crippen LogP contribution in [-0.4, -0.2) is 54.7 Å². The van der Waals surface area contributed by atoms with Gasteiger partial charge in [0.1, 0.15) is 6.04 Å². The van der Waals surface area contributed by atoms with Gasteiger partial charge in [0.25, 0.3) is 10.2 Å². The predicted molar refractivity (Wildman–Crippen MR) is 75.2 cm³/mol. The van der Waals surface area contributed by atoms with Gasteiger partial charge in [-0.3, -0.25) is 4.79 Å². The van der Waals surface area contributed by atoms with Crippen LogP contribution in [0.4, 0.5) is 0 Å². The number of hydrogen-bond acceptors (Lipinski definition) is 3. The van der Waals surface area contributed by atoms with Crippen LogP contribution in [0.15, 0.2) is 0 Å². The molecule has 2 saturated heterocycles. The van der Waals surface area contributed by atoms with Crippen molar-refractivity contribution in [3.05, 3.63) is 0 Å². The Labute approximate surface area is 120 Å². The van der Waals surface area contributed by atoms with E-state index in [4.69, 9.17) is 0 Å². The molecule has 0 bridgehead atoms. The average molecular weight is 301 g/mol. The Morgan fingerprint density at radius 1 is 1.15 bits per heavy atom. The third-order valence-corrected chi connectivity index (χ3v) is 6.45. The molecule has 1 amide bonds. The molecule has 3 aliphatic rings. The SMILES string of the molecule is CC1CCN(S(=O)(=O)N2CCCC2C(=O)NC2CC2)C1. The van der Waals surface area contributed by atoms with Crippen LogP contribution < -0.4 is 5.32 Å². The van der Waals surface area contributed by atoms with E-state index >= 15 is 0 Å². The van der Waals surface area contributed by atoms with Crippen LogP contribution in [-0.2, 0) is 15.0 Å². The highest BCUT2D eigenvalue weighted by molar-refractivity contribution is 7.86. The number of amides is 1. The molecule has 1 aliphatic carbocycles. The van der Waals surface area contributed by atoms with Gasteiger partial charge < -0.3 is 5.32 Å². The second-order valence-corrected chi connectivity index (χ2v) is 8.19. The maximum absolute atomic E-state index is 12.7. The number of nitrogens with one attached hydrogen (secondary N) is 1. The predicted octanol–water partition coefficient (Wildman–Crippen LogP) is 0.316. The summed E-state index contributed by atoms with van der Waals surface area (Å²) in [5, 5.41) is 2.93. The number of hydrogen-bond donors (Lipinski definition) is 1. The normalized spacial score (nSPS) is 32.6. The first kappa shape index (κ1) is 14.3. The molecule has 0 radical (unpaired) electrons. The Bertz CT molecular complexity index is 489. The second kappa shape index (κ2) is 5.27. The van der Waals surface area contributed by atoms with Crippen molar-refractivity contribution < 1.29 is 13.2 Å². The Balaban J connectivity index is 1.71. The van der Waals surface area contributed by atoms with E-state index in [0.717, 1.165) is 25.7 Å². The van der Waals surface area contributed by atoms with E-state index in [0.29, 0.717) is 32.0 Å². The third-order valence-electron chi connectivity index (χ3n) is 4.44. The molecule has 114 valence electrons. The van der Waals surface area contributed by atoms with Gasteiger partial charge in [-0.2, -0.15) is 17.0 Å². The van der Waals surface area contributed by atoms with E-state index in [1.165, 1.54) is 4.31 Å². The van der Waals surface area contributed by atoms with Crippen LogP contribution in [0.1, 0.15) is 39.0 Å². The summed E-state index contributed by atoms with van der Waals surface area (Å²) in [6.07, 6.45) is 4.36. The van der Waals surface area contributed by atoms with Crippen molar-refractivity contribution >= 4 is 16.1 Å². The molecular weight excluding hydrogens is 278 g/mol. The number of nitrogens with zero attached hydrogens (tertiary/aromatic N) is 2. The quantitative estimate of drug-likeness (QED) is 0.813. The van der Waals surface area contributed by atoms with Gasteiger partial charge in [-0.25, -0.2) is 0 Å². The summed E-state index contributed by atoms with van der Waals surface area (Å²) in [6, 6.07) is -0.226. The summed E-state index contributed by atoms with van der Waals surface area (Å²) in [5.41, 5.74) is 0. The average Bonchev–Trinajstić information content (AvgIpc) is 2.92. The Kier molecular flexibility index (Phi) is 3.77. The van der Waals surface area contributed by atoms with Crippen molar-refractivity contribution in [1.29, 1.82) is 0 Å². The van der Waals surface area contributed by atoms with Gasteiger partial charge in [0.15, 0.2) is 0 Å². The van der Waals surface area contributed by atoms with E-state index < -0.39 is 16.3 Å². The first-order valence-corrected chi connectivity index (χ1v) is 8.95. The van der Waals surface area contributed by atoms with Crippen molar-refractivity contribution in [2.75, 3.05) is 19.6 Å². The molecule has 3 fully saturated rings. The number of carbonyl (C=O) groups excluding carboxylic acids is 1. The molecule has 20 heavy (non-hydrogen) atoms. The minimum absolute atomic E-state index is 0.110. The molecule has 7 heteroatoms. The van der Waals surface area contributed by atoms with Crippen LogP contribution in [0.2, 0.25) is 0 Å². The maximum atomic E-state index is 12.7. The summed E-state index contributed by atoms with van der Waals surface area (Å²) >= 11 is 0. The van der Waals surface area contributed by atoms with Crippen molar-refractivity contribution in [3.63, 3.8) is 0 Å². The largest absolute Gasteiger partial charge is 0.352 e. The summed E-state index contributed by atoms with van der Waals surface area (Å²) in [7, 11) is -3.48. The van der Waals surface area contributed by atoms with Crippen LogP contribution in [0, 0.1) is 5.92 Å². The zero-order chi connectivity index (χ0) is 14.3. The zero-order valence-electron chi connectivity index (χ0n) is 11.9. The molecule has 2 atom stereocenters. The van der Waals surface area contributed by atoms with Crippen LogP contribution in [0.5, 0.6) is 0 Å². The van der Waals surface area contributed by atoms with Gasteiger partial charge in [0.05, 0.1) is 0 Å². The van der Waals surface area contributed by atoms with E-state index in [2.05, 4.69) is 12.2 Å². The first-order chi connectivity index (χ1) is 9.48. The lowest BCUT2D eigenvalue weighted by atomic mass is 10.2. The van der Waals surface area contributed by atoms with E-state index in [1.54, 1.807) is 4.31 Å². The molecule has 2 unspecified atom stereocenters. The summed E-state index contributed by atoms with van der Waals surface area (Å²) in [4.78, 5) is 12.2. The fourth-order valence-corrected chi connectivity index (χ4v) is 5.01. The fourth-order valence-electron chi connectivity index (χ4n) is 3.06. The van der Waals surface area contributed by atoms with Crippen molar-refractivity contribution in [1.82, 2.24) is 13.9 Å². The molecule has 0 spiro atoms. The lowest BCUT2D eigenvalue weighted by molar-refractivity contribution is -0.124. The van der Waals surface area contributed by atoms with Gasteiger partial charge in [-0.15, -0.1) is 0 Å². The molecule has 2 heterocycles. The minimum Gasteiger partial charge on any atom is -0.352 e. The monoisotopic (exact) mass is 301 g/mol. The number of rotatable bonds is 4. The van der Waals surface area contributed by atoms with Crippen molar-refractivity contribution in [3.8, 4) is 0 Å². The highest BCUT2D eigenvalue weighted by Crippen LogP contribution is 2.28. The minimum atomic E-state index is -3.48. The summed E-state index contributed by atoms with van der Waals surface area (Å²) in [5.74, 6) is 0.298. The fraction of sp³-hybridized carbons (Fsp3) is 0.923. The van der Waals surface area contributed by atoms with Gasteiger partial charge >= 0.3 is 0 Å². The molecule has 1 N–H and O–H groups in total. The Morgan fingerprint density at radius 2 is 1.90 bits per heavy atom.